The molecular weight excluding hydrogens is 368 g/mol. The molecule has 0 radical (unpaired) electrons. The van der Waals surface area contributed by atoms with Gasteiger partial charge in [-0.3, -0.25) is 4.79 Å². The molecule has 6 nitrogen and oxygen atoms in total. The summed E-state index contributed by atoms with van der Waals surface area (Å²) in [6.45, 7) is 4.78. The monoisotopic (exact) mass is 390 g/mol. The van der Waals surface area contributed by atoms with Crippen molar-refractivity contribution in [1.82, 2.24) is 0 Å². The zero-order chi connectivity index (χ0) is 21.1. The van der Waals surface area contributed by atoms with Gasteiger partial charge in [-0.15, -0.1) is 6.42 Å². The van der Waals surface area contributed by atoms with Crippen LogP contribution in [0.4, 0.5) is 5.69 Å². The Kier molecular flexibility index (Phi) is 8.16. The average molecular weight is 390 g/mol. The Bertz CT molecular complexity index is 968. The van der Waals surface area contributed by atoms with Gasteiger partial charge >= 0.3 is 0 Å². The molecule has 2 aromatic carbocycles. The molecule has 2 aromatic rings. The normalized spacial score (nSPS) is 10.4. The van der Waals surface area contributed by atoms with E-state index in [0.29, 0.717) is 41.7 Å². The lowest BCUT2D eigenvalue weighted by molar-refractivity contribution is -0.112. The van der Waals surface area contributed by atoms with E-state index in [-0.39, 0.29) is 12.2 Å². The molecule has 1 N–H and O–H groups in total. The molecule has 0 aromatic heterocycles. The fraction of sp³-hybridized carbons (Fsp3) is 0.217. The number of ether oxygens (including phenoxy) is 3. The summed E-state index contributed by atoms with van der Waals surface area (Å²) < 4.78 is 16.4. The summed E-state index contributed by atoms with van der Waals surface area (Å²) in [5.41, 5.74) is 1.11. The Morgan fingerprint density at radius 3 is 2.59 bits per heavy atom. The van der Waals surface area contributed by atoms with Crippen LogP contribution in [0, 0.1) is 23.7 Å². The maximum atomic E-state index is 12.5. The standard InChI is InChI=1S/C23H22N2O4/c1-4-12-29-21-11-10-17(14-22(21)28-6-3)13-18(16-24)23(26)25-19-8-7-9-20(15-19)27-5-2/h1,7-11,13-15H,5-6,12H2,2-3H3,(H,25,26)/b18-13-. The number of hydrogen-bond acceptors (Lipinski definition) is 5. The van der Waals surface area contributed by atoms with Crippen LogP contribution in [-0.2, 0) is 4.79 Å². The molecule has 0 atom stereocenters. The summed E-state index contributed by atoms with van der Waals surface area (Å²) in [5.74, 6) is 3.49. The van der Waals surface area contributed by atoms with Gasteiger partial charge in [0, 0.05) is 11.8 Å². The lowest BCUT2D eigenvalue weighted by Gasteiger charge is -2.11. The van der Waals surface area contributed by atoms with E-state index >= 15 is 0 Å². The number of nitrogens with zero attached hydrogens (tertiary/aromatic N) is 1. The van der Waals surface area contributed by atoms with Crippen LogP contribution in [0.5, 0.6) is 17.2 Å². The molecule has 0 bridgehead atoms. The minimum Gasteiger partial charge on any atom is -0.494 e. The number of nitriles is 1. The van der Waals surface area contributed by atoms with Crippen molar-refractivity contribution in [1.29, 1.82) is 5.26 Å². The van der Waals surface area contributed by atoms with Crippen molar-refractivity contribution in [3.05, 3.63) is 53.6 Å². The third-order valence-corrected chi connectivity index (χ3v) is 3.66. The molecule has 0 aliphatic rings. The van der Waals surface area contributed by atoms with Crippen molar-refractivity contribution in [2.45, 2.75) is 13.8 Å². The van der Waals surface area contributed by atoms with Gasteiger partial charge in [-0.2, -0.15) is 5.26 Å². The van der Waals surface area contributed by atoms with Crippen LogP contribution in [0.3, 0.4) is 0 Å². The van der Waals surface area contributed by atoms with Crippen LogP contribution in [0.1, 0.15) is 19.4 Å². The van der Waals surface area contributed by atoms with E-state index in [9.17, 15) is 10.1 Å². The minimum atomic E-state index is -0.522. The summed E-state index contributed by atoms with van der Waals surface area (Å²) in [5, 5.41) is 12.1. The van der Waals surface area contributed by atoms with E-state index in [4.69, 9.17) is 20.6 Å². The smallest absolute Gasteiger partial charge is 0.266 e. The van der Waals surface area contributed by atoms with Crippen molar-refractivity contribution in [3.63, 3.8) is 0 Å². The molecule has 6 heteroatoms. The van der Waals surface area contributed by atoms with Crippen LogP contribution < -0.4 is 19.5 Å². The Morgan fingerprint density at radius 2 is 1.90 bits per heavy atom. The van der Waals surface area contributed by atoms with Gasteiger partial charge in [0.2, 0.25) is 0 Å². The van der Waals surface area contributed by atoms with E-state index in [1.807, 2.05) is 19.9 Å². The Hall–Kier alpha value is -3.90. The zero-order valence-corrected chi connectivity index (χ0v) is 16.4. The van der Waals surface area contributed by atoms with Crippen LogP contribution in [-0.4, -0.2) is 25.7 Å². The van der Waals surface area contributed by atoms with Gasteiger partial charge in [-0.05, 0) is 49.8 Å². The first kappa shape index (κ1) is 21.4. The van der Waals surface area contributed by atoms with Gasteiger partial charge in [-0.1, -0.05) is 18.1 Å². The summed E-state index contributed by atoms with van der Waals surface area (Å²) in [6, 6.07) is 14.0. The molecule has 0 spiro atoms. The number of anilines is 1. The first-order valence-electron chi connectivity index (χ1n) is 9.10. The molecule has 0 saturated heterocycles. The maximum absolute atomic E-state index is 12.5. The Morgan fingerprint density at radius 1 is 1.10 bits per heavy atom. The van der Waals surface area contributed by atoms with Crippen LogP contribution in [0.25, 0.3) is 6.08 Å². The molecule has 1 amide bonds. The summed E-state index contributed by atoms with van der Waals surface area (Å²) >= 11 is 0. The zero-order valence-electron chi connectivity index (χ0n) is 16.4. The van der Waals surface area contributed by atoms with Crippen molar-refractivity contribution in [2.24, 2.45) is 0 Å². The number of benzene rings is 2. The van der Waals surface area contributed by atoms with E-state index in [1.54, 1.807) is 42.5 Å². The Labute approximate surface area is 170 Å². The van der Waals surface area contributed by atoms with E-state index in [2.05, 4.69) is 11.2 Å². The highest BCUT2D eigenvalue weighted by Gasteiger charge is 2.12. The van der Waals surface area contributed by atoms with E-state index in [0.717, 1.165) is 0 Å². The van der Waals surface area contributed by atoms with E-state index < -0.39 is 5.91 Å². The number of rotatable bonds is 9. The molecule has 148 valence electrons. The molecule has 0 aliphatic carbocycles. The molecule has 0 heterocycles. The van der Waals surface area contributed by atoms with Gasteiger partial charge in [0.1, 0.15) is 24.0 Å². The highest BCUT2D eigenvalue weighted by atomic mass is 16.5. The van der Waals surface area contributed by atoms with Gasteiger partial charge in [0.05, 0.1) is 13.2 Å². The number of carbonyl (C=O) groups excluding carboxylic acids is 1. The third kappa shape index (κ3) is 6.34. The number of nitrogens with one attached hydrogen (secondary N) is 1. The summed E-state index contributed by atoms with van der Waals surface area (Å²) in [6.07, 6.45) is 6.70. The number of carbonyl (C=O) groups is 1. The second kappa shape index (κ2) is 11.1. The fourth-order valence-electron chi connectivity index (χ4n) is 2.47. The van der Waals surface area contributed by atoms with Crippen molar-refractivity contribution < 1.29 is 19.0 Å². The van der Waals surface area contributed by atoms with Crippen LogP contribution in [0.2, 0.25) is 0 Å². The molecule has 0 aliphatic heterocycles. The van der Waals surface area contributed by atoms with Gasteiger partial charge in [-0.25, -0.2) is 0 Å². The van der Waals surface area contributed by atoms with Crippen LogP contribution in [0.15, 0.2) is 48.0 Å². The average Bonchev–Trinajstić information content (AvgIpc) is 2.72. The topological polar surface area (TPSA) is 80.6 Å². The Balaban J connectivity index is 2.23. The van der Waals surface area contributed by atoms with E-state index in [1.165, 1.54) is 6.08 Å². The summed E-state index contributed by atoms with van der Waals surface area (Å²) in [7, 11) is 0. The summed E-state index contributed by atoms with van der Waals surface area (Å²) in [4.78, 5) is 12.5. The van der Waals surface area contributed by atoms with Crippen molar-refractivity contribution in [3.8, 4) is 35.7 Å². The maximum Gasteiger partial charge on any atom is 0.266 e. The van der Waals surface area contributed by atoms with Gasteiger partial charge in [0.15, 0.2) is 11.5 Å². The number of terminal acetylenes is 1. The van der Waals surface area contributed by atoms with Gasteiger partial charge < -0.3 is 19.5 Å². The quantitative estimate of drug-likeness (QED) is 0.397. The molecule has 0 unspecified atom stereocenters. The predicted octanol–water partition coefficient (Wildman–Crippen LogP) is 4.04. The first-order chi connectivity index (χ1) is 14.1. The highest BCUT2D eigenvalue weighted by Crippen LogP contribution is 2.29. The largest absolute Gasteiger partial charge is 0.494 e. The molecule has 0 fully saturated rings. The molecule has 0 saturated carbocycles. The lowest BCUT2D eigenvalue weighted by Crippen LogP contribution is -2.13. The van der Waals surface area contributed by atoms with Crippen LogP contribution >= 0.6 is 0 Å². The fourth-order valence-corrected chi connectivity index (χ4v) is 2.47. The third-order valence-electron chi connectivity index (χ3n) is 3.66. The van der Waals surface area contributed by atoms with Gasteiger partial charge in [0.25, 0.3) is 5.91 Å². The minimum absolute atomic E-state index is 0.0495. The predicted molar refractivity (Wildman–Crippen MR) is 112 cm³/mol. The highest BCUT2D eigenvalue weighted by molar-refractivity contribution is 6.09. The molecular formula is C23H22N2O4. The van der Waals surface area contributed by atoms with Crippen molar-refractivity contribution >= 4 is 17.7 Å². The second-order valence-corrected chi connectivity index (χ2v) is 5.72. The molecule has 2 rings (SSSR count). The molecule has 29 heavy (non-hydrogen) atoms. The first-order valence-corrected chi connectivity index (χ1v) is 9.10. The second-order valence-electron chi connectivity index (χ2n) is 5.72. The SMILES string of the molecule is C#CCOc1ccc(/C=C(/C#N)C(=O)Nc2cccc(OCC)c2)cc1OCC. The van der Waals surface area contributed by atoms with Crippen molar-refractivity contribution in [2.75, 3.05) is 25.1 Å². The lowest BCUT2D eigenvalue weighted by atomic mass is 10.1. The number of amides is 1. The number of hydrogen-bond donors (Lipinski definition) is 1.